The fourth-order valence-electron chi connectivity index (χ4n) is 2.09. The van der Waals surface area contributed by atoms with Gasteiger partial charge in [0.15, 0.2) is 0 Å². The molecular weight excluding hydrogens is 250 g/mol. The minimum absolute atomic E-state index is 0.265. The van der Waals surface area contributed by atoms with E-state index in [0.717, 1.165) is 27.9 Å². The lowest BCUT2D eigenvalue weighted by molar-refractivity contribution is 0.708. The van der Waals surface area contributed by atoms with Gasteiger partial charge in [0.1, 0.15) is 6.33 Å². The molecule has 3 rings (SSSR count). The van der Waals surface area contributed by atoms with Gasteiger partial charge in [0.05, 0.1) is 22.9 Å². The van der Waals surface area contributed by atoms with Gasteiger partial charge in [-0.1, -0.05) is 12.1 Å². The Balaban J connectivity index is 2.06. The molecule has 4 N–H and O–H groups in total. The Bertz CT molecular complexity index is 741. The average Bonchev–Trinajstić information content (AvgIpc) is 2.53. The molecule has 0 saturated carbocycles. The number of fused-ring (bicyclic) bond motifs is 1. The molecule has 0 spiro atoms. The number of nitrogens with zero attached hydrogens (tertiary/aromatic N) is 3. The smallest absolute Gasteiger partial charge is 0.116 e. The van der Waals surface area contributed by atoms with Gasteiger partial charge in [-0.2, -0.15) is 0 Å². The molecule has 0 aliphatic heterocycles. The highest BCUT2D eigenvalue weighted by atomic mass is 14.9. The molecule has 1 atom stereocenters. The molecule has 5 nitrogen and oxygen atoms in total. The minimum atomic E-state index is -0.265. The van der Waals surface area contributed by atoms with Crippen molar-refractivity contribution >= 4 is 10.9 Å². The van der Waals surface area contributed by atoms with E-state index in [-0.39, 0.29) is 6.04 Å². The number of rotatable bonds is 3. The van der Waals surface area contributed by atoms with Crippen molar-refractivity contribution in [3.8, 4) is 11.3 Å². The summed E-state index contributed by atoms with van der Waals surface area (Å²) in [5, 5.41) is 1.08. The zero-order chi connectivity index (χ0) is 13.9. The largest absolute Gasteiger partial charge is 0.329 e. The van der Waals surface area contributed by atoms with Crippen molar-refractivity contribution in [1.29, 1.82) is 0 Å². The Hall–Kier alpha value is -2.37. The SMILES string of the molecule is NCC(N)c1cc(-c2ccc3ncccc3c2)ncn1. The van der Waals surface area contributed by atoms with Gasteiger partial charge in [-0.05, 0) is 24.3 Å². The number of hydrogen-bond donors (Lipinski definition) is 2. The molecule has 1 unspecified atom stereocenters. The summed E-state index contributed by atoms with van der Waals surface area (Å²) in [5.41, 5.74) is 15.0. The van der Waals surface area contributed by atoms with E-state index in [9.17, 15) is 0 Å². The van der Waals surface area contributed by atoms with Crippen LogP contribution in [0.4, 0.5) is 0 Å². The predicted molar refractivity (Wildman–Crippen MR) is 78.8 cm³/mol. The van der Waals surface area contributed by atoms with Crippen molar-refractivity contribution in [2.24, 2.45) is 11.5 Å². The van der Waals surface area contributed by atoms with Gasteiger partial charge < -0.3 is 11.5 Å². The lowest BCUT2D eigenvalue weighted by Crippen LogP contribution is -2.21. The molecule has 2 heterocycles. The van der Waals surface area contributed by atoms with Crippen molar-refractivity contribution in [3.05, 3.63) is 54.6 Å². The number of nitrogens with two attached hydrogens (primary N) is 2. The van der Waals surface area contributed by atoms with Gasteiger partial charge in [0, 0.05) is 23.7 Å². The fourth-order valence-corrected chi connectivity index (χ4v) is 2.09. The van der Waals surface area contributed by atoms with Gasteiger partial charge in [-0.25, -0.2) is 9.97 Å². The summed E-state index contributed by atoms with van der Waals surface area (Å²) in [5.74, 6) is 0. The molecule has 3 aromatic rings. The monoisotopic (exact) mass is 265 g/mol. The van der Waals surface area contributed by atoms with E-state index in [1.807, 2.05) is 30.3 Å². The Morgan fingerprint density at radius 1 is 1.05 bits per heavy atom. The molecule has 1 aromatic carbocycles. The number of aromatic nitrogens is 3. The van der Waals surface area contributed by atoms with Crippen LogP contribution in [-0.2, 0) is 0 Å². The van der Waals surface area contributed by atoms with Crippen LogP contribution in [0.1, 0.15) is 11.7 Å². The molecule has 5 heteroatoms. The molecule has 20 heavy (non-hydrogen) atoms. The van der Waals surface area contributed by atoms with Gasteiger partial charge in [-0.15, -0.1) is 0 Å². The third kappa shape index (κ3) is 2.36. The van der Waals surface area contributed by atoms with Crippen LogP contribution in [0, 0.1) is 0 Å². The van der Waals surface area contributed by atoms with E-state index >= 15 is 0 Å². The normalized spacial score (nSPS) is 12.5. The highest BCUT2D eigenvalue weighted by Gasteiger charge is 2.08. The van der Waals surface area contributed by atoms with E-state index in [0.29, 0.717) is 6.54 Å². The van der Waals surface area contributed by atoms with Crippen LogP contribution < -0.4 is 11.5 Å². The number of pyridine rings is 1. The van der Waals surface area contributed by atoms with Gasteiger partial charge in [0.25, 0.3) is 0 Å². The summed E-state index contributed by atoms with van der Waals surface area (Å²) < 4.78 is 0. The summed E-state index contributed by atoms with van der Waals surface area (Å²) >= 11 is 0. The maximum atomic E-state index is 5.91. The van der Waals surface area contributed by atoms with Crippen LogP contribution in [0.15, 0.2) is 48.9 Å². The standard InChI is InChI=1S/C15H15N5/c16-8-12(17)15-7-14(19-9-20-15)11-3-4-13-10(6-11)2-1-5-18-13/h1-7,9,12H,8,16-17H2. The summed E-state index contributed by atoms with van der Waals surface area (Å²) in [7, 11) is 0. The quantitative estimate of drug-likeness (QED) is 0.751. The minimum Gasteiger partial charge on any atom is -0.329 e. The summed E-state index contributed by atoms with van der Waals surface area (Å²) in [6.07, 6.45) is 3.30. The molecule has 0 aliphatic rings. The topological polar surface area (TPSA) is 90.7 Å². The summed E-state index contributed by atoms with van der Waals surface area (Å²) in [6.45, 7) is 0.359. The highest BCUT2D eigenvalue weighted by Crippen LogP contribution is 2.22. The molecule has 0 bridgehead atoms. The molecule has 0 saturated heterocycles. The first-order valence-corrected chi connectivity index (χ1v) is 6.40. The Kier molecular flexibility index (Phi) is 3.37. The molecular formula is C15H15N5. The molecule has 0 amide bonds. The zero-order valence-corrected chi connectivity index (χ0v) is 10.9. The second kappa shape index (κ2) is 5.32. The van der Waals surface area contributed by atoms with Crippen LogP contribution in [0.3, 0.4) is 0 Å². The van der Waals surface area contributed by atoms with Crippen LogP contribution >= 0.6 is 0 Å². The maximum Gasteiger partial charge on any atom is 0.116 e. The first kappa shape index (κ1) is 12.7. The lowest BCUT2D eigenvalue weighted by atomic mass is 10.1. The Labute approximate surface area is 116 Å². The third-order valence-corrected chi connectivity index (χ3v) is 3.22. The van der Waals surface area contributed by atoms with E-state index < -0.39 is 0 Å². The van der Waals surface area contributed by atoms with E-state index in [4.69, 9.17) is 11.5 Å². The van der Waals surface area contributed by atoms with Crippen LogP contribution in [0.5, 0.6) is 0 Å². The molecule has 0 aliphatic carbocycles. The molecule has 0 radical (unpaired) electrons. The molecule has 100 valence electrons. The van der Waals surface area contributed by atoms with E-state index in [1.54, 1.807) is 6.20 Å². The Morgan fingerprint density at radius 2 is 1.95 bits per heavy atom. The highest BCUT2D eigenvalue weighted by molar-refractivity contribution is 5.83. The van der Waals surface area contributed by atoms with E-state index in [2.05, 4.69) is 21.0 Å². The van der Waals surface area contributed by atoms with Gasteiger partial charge >= 0.3 is 0 Å². The van der Waals surface area contributed by atoms with Crippen molar-refractivity contribution in [1.82, 2.24) is 15.0 Å². The second-order valence-electron chi connectivity index (χ2n) is 4.58. The predicted octanol–water partition coefficient (Wildman–Crippen LogP) is 1.65. The zero-order valence-electron chi connectivity index (χ0n) is 10.9. The third-order valence-electron chi connectivity index (χ3n) is 3.22. The van der Waals surface area contributed by atoms with Crippen molar-refractivity contribution in [3.63, 3.8) is 0 Å². The van der Waals surface area contributed by atoms with Crippen LogP contribution in [-0.4, -0.2) is 21.5 Å². The lowest BCUT2D eigenvalue weighted by Gasteiger charge is -2.09. The van der Waals surface area contributed by atoms with Crippen molar-refractivity contribution < 1.29 is 0 Å². The first-order chi connectivity index (χ1) is 9.78. The first-order valence-electron chi connectivity index (χ1n) is 6.40. The van der Waals surface area contributed by atoms with E-state index in [1.165, 1.54) is 6.33 Å². The van der Waals surface area contributed by atoms with Crippen molar-refractivity contribution in [2.45, 2.75) is 6.04 Å². The second-order valence-corrected chi connectivity index (χ2v) is 4.58. The fraction of sp³-hybridized carbons (Fsp3) is 0.133. The van der Waals surface area contributed by atoms with Gasteiger partial charge in [0.2, 0.25) is 0 Å². The molecule has 0 fully saturated rings. The maximum absolute atomic E-state index is 5.91. The van der Waals surface area contributed by atoms with Gasteiger partial charge in [-0.3, -0.25) is 4.98 Å². The Morgan fingerprint density at radius 3 is 2.80 bits per heavy atom. The van der Waals surface area contributed by atoms with Crippen molar-refractivity contribution in [2.75, 3.05) is 6.54 Å². The molecule has 2 aromatic heterocycles. The average molecular weight is 265 g/mol. The number of hydrogen-bond acceptors (Lipinski definition) is 5. The summed E-state index contributed by atoms with van der Waals surface area (Å²) in [4.78, 5) is 12.8. The van der Waals surface area contributed by atoms with Crippen LogP contribution in [0.25, 0.3) is 22.2 Å². The number of benzene rings is 1. The van der Waals surface area contributed by atoms with Crippen LogP contribution in [0.2, 0.25) is 0 Å². The summed E-state index contributed by atoms with van der Waals surface area (Å²) in [6, 6.07) is 11.6.